The van der Waals surface area contributed by atoms with E-state index < -0.39 is 60.3 Å². The number of aliphatic hydroxyl groups excluding tert-OH is 1. The van der Waals surface area contributed by atoms with Crippen LogP contribution in [-0.4, -0.2) is 116 Å². The number of benzene rings is 1. The minimum absolute atomic E-state index is 0.329. The van der Waals surface area contributed by atoms with Crippen LogP contribution in [0.2, 0.25) is 0 Å². The molecule has 2 aliphatic rings. The zero-order valence-electron chi connectivity index (χ0n) is 27.3. The second kappa shape index (κ2) is 26.0. The number of aliphatic hydroxyl groups is 1. The molecule has 1 aromatic heterocycles. The third-order valence-electron chi connectivity index (χ3n) is 5.85. The number of carboxylic acids is 5. The lowest BCUT2D eigenvalue weighted by atomic mass is 9.96. The molecule has 0 saturated carbocycles. The Bertz CT molecular complexity index is 1300. The summed E-state index contributed by atoms with van der Waals surface area (Å²) >= 11 is 0. The number of aliphatic carboxylic acids is 5. The van der Waals surface area contributed by atoms with Crippen LogP contribution in [0.15, 0.2) is 48.8 Å². The van der Waals surface area contributed by atoms with Crippen LogP contribution in [-0.2, 0) is 36.9 Å². The van der Waals surface area contributed by atoms with Gasteiger partial charge in [0.15, 0.2) is 0 Å². The van der Waals surface area contributed by atoms with Crippen LogP contribution in [0.1, 0.15) is 37.8 Å². The highest BCUT2D eigenvalue weighted by Crippen LogP contribution is 2.16. The van der Waals surface area contributed by atoms with Gasteiger partial charge in [-0.3, -0.25) is 24.2 Å². The highest BCUT2D eigenvalue weighted by atomic mass is 19.4. The molecule has 4 rings (SSSR count). The number of carbonyl (C=O) groups is 5. The Balaban J connectivity index is 0. The number of carboxylic acid groups (broad SMARTS) is 5. The van der Waals surface area contributed by atoms with E-state index in [1.54, 1.807) is 31.5 Å². The van der Waals surface area contributed by atoms with Crippen LogP contribution in [0.3, 0.4) is 0 Å². The number of nitrogens with zero attached hydrogens (tertiary/aromatic N) is 1. The first-order valence-electron chi connectivity index (χ1n) is 14.7. The van der Waals surface area contributed by atoms with E-state index in [2.05, 4.69) is 20.9 Å². The molecule has 0 radical (unpaired) electrons. The van der Waals surface area contributed by atoms with E-state index in [4.69, 9.17) is 51.7 Å². The molecule has 50 heavy (non-hydrogen) atoms. The molecule has 20 heteroatoms. The van der Waals surface area contributed by atoms with Crippen molar-refractivity contribution in [3.63, 3.8) is 0 Å². The summed E-state index contributed by atoms with van der Waals surface area (Å²) in [7, 11) is 0. The van der Waals surface area contributed by atoms with Crippen molar-refractivity contribution in [1.82, 2.24) is 15.6 Å². The van der Waals surface area contributed by atoms with Crippen LogP contribution in [0, 0.1) is 0 Å². The van der Waals surface area contributed by atoms with Gasteiger partial charge in [0.1, 0.15) is 18.1 Å². The molecule has 2 aliphatic heterocycles. The molecule has 282 valence electrons. The molecule has 0 bridgehead atoms. The highest BCUT2D eigenvalue weighted by Gasteiger charge is 2.38. The fourth-order valence-corrected chi connectivity index (χ4v) is 3.41. The maximum absolute atomic E-state index is 10.7. The number of nitrogens with one attached hydrogen (secondary N) is 3. The average Bonchev–Trinajstić information content (AvgIpc) is 3.49. The molecular formula is C30H45F3N6O11. The largest absolute Gasteiger partial charge is 0.490 e. The number of halogens is 3. The third-order valence-corrected chi connectivity index (χ3v) is 5.85. The number of aromatic nitrogens is 1. The van der Waals surface area contributed by atoms with Gasteiger partial charge >= 0.3 is 30.1 Å². The van der Waals surface area contributed by atoms with Crippen molar-refractivity contribution in [2.75, 3.05) is 25.0 Å². The van der Waals surface area contributed by atoms with E-state index in [1.807, 2.05) is 24.3 Å². The number of alkyl halides is 3. The molecule has 0 amide bonds. The van der Waals surface area contributed by atoms with Gasteiger partial charge in [-0.05, 0) is 56.1 Å². The smallest absolute Gasteiger partial charge is 0.481 e. The Morgan fingerprint density at radius 3 is 1.78 bits per heavy atom. The Hall–Kier alpha value is -4.89. The minimum Gasteiger partial charge on any atom is -0.481 e. The van der Waals surface area contributed by atoms with Crippen LogP contribution < -0.4 is 27.4 Å². The first-order chi connectivity index (χ1) is 23.3. The lowest BCUT2D eigenvalue weighted by Gasteiger charge is -2.22. The summed E-state index contributed by atoms with van der Waals surface area (Å²) in [5.41, 5.74) is 13.2. The molecule has 0 spiro atoms. The SMILES string of the molecule is CC(=O)O.C[C@H](Nc1cccnc1)C(=O)O.NCCCN.O=C(O)C(F)(F)F.O=C(O)C1Cc2ccccc2CN1.O=C(O)[C@@H]1CC(O)CN1. The monoisotopic (exact) mass is 722 g/mol. The van der Waals surface area contributed by atoms with Gasteiger partial charge in [-0.2, -0.15) is 13.2 Å². The second-order valence-electron chi connectivity index (χ2n) is 10.1. The Morgan fingerprint density at radius 2 is 1.44 bits per heavy atom. The van der Waals surface area contributed by atoms with Crippen molar-refractivity contribution in [1.29, 1.82) is 0 Å². The van der Waals surface area contributed by atoms with Crippen LogP contribution >= 0.6 is 0 Å². The molecule has 1 aromatic carbocycles. The predicted octanol–water partition coefficient (Wildman–Crippen LogP) is 0.564. The molecule has 13 N–H and O–H groups in total. The summed E-state index contributed by atoms with van der Waals surface area (Å²) in [4.78, 5) is 53.0. The molecule has 17 nitrogen and oxygen atoms in total. The van der Waals surface area contributed by atoms with E-state index in [1.165, 1.54) is 5.56 Å². The Labute approximate surface area is 285 Å². The van der Waals surface area contributed by atoms with Gasteiger partial charge in [0.2, 0.25) is 0 Å². The quantitative estimate of drug-likeness (QED) is 0.186. The van der Waals surface area contributed by atoms with Crippen molar-refractivity contribution in [3.8, 4) is 0 Å². The van der Waals surface area contributed by atoms with Gasteiger partial charge in [-0.15, -0.1) is 0 Å². The van der Waals surface area contributed by atoms with E-state index in [0.29, 0.717) is 31.6 Å². The second-order valence-corrected chi connectivity index (χ2v) is 10.1. The molecular weight excluding hydrogens is 677 g/mol. The van der Waals surface area contributed by atoms with Crippen molar-refractivity contribution >= 4 is 35.5 Å². The van der Waals surface area contributed by atoms with E-state index in [9.17, 15) is 27.6 Å². The molecule has 0 aliphatic carbocycles. The molecule has 2 aromatic rings. The first-order valence-corrected chi connectivity index (χ1v) is 14.7. The van der Waals surface area contributed by atoms with E-state index >= 15 is 0 Å². The van der Waals surface area contributed by atoms with Gasteiger partial charge in [0.05, 0.1) is 11.8 Å². The van der Waals surface area contributed by atoms with Crippen molar-refractivity contribution < 1.29 is 67.8 Å². The molecule has 3 heterocycles. The van der Waals surface area contributed by atoms with Gasteiger partial charge < -0.3 is 58.1 Å². The van der Waals surface area contributed by atoms with Crippen molar-refractivity contribution in [2.24, 2.45) is 11.5 Å². The van der Waals surface area contributed by atoms with E-state index in [-0.39, 0.29) is 0 Å². The van der Waals surface area contributed by atoms with Gasteiger partial charge in [0, 0.05) is 38.8 Å². The topological polar surface area (TPSA) is 308 Å². The maximum Gasteiger partial charge on any atom is 0.490 e. The van der Waals surface area contributed by atoms with Crippen LogP contribution in [0.25, 0.3) is 0 Å². The number of rotatable bonds is 7. The number of fused-ring (bicyclic) bond motifs is 1. The average molecular weight is 723 g/mol. The van der Waals surface area contributed by atoms with Crippen LogP contribution in [0.5, 0.6) is 0 Å². The summed E-state index contributed by atoms with van der Waals surface area (Å²) in [5, 5.41) is 57.5. The molecule has 1 fully saturated rings. The van der Waals surface area contributed by atoms with Gasteiger partial charge in [-0.25, -0.2) is 4.79 Å². The number of nitrogens with two attached hydrogens (primary N) is 2. The zero-order valence-corrected chi connectivity index (χ0v) is 27.3. The number of hydrogen-bond donors (Lipinski definition) is 11. The number of hydrogen-bond acceptors (Lipinski definition) is 12. The Kier molecular flexibility index (Phi) is 24.6. The summed E-state index contributed by atoms with van der Waals surface area (Å²) in [6, 6.07) is 9.91. The maximum atomic E-state index is 10.7. The Morgan fingerprint density at radius 1 is 0.920 bits per heavy atom. The summed E-state index contributed by atoms with van der Waals surface area (Å²) < 4.78 is 31.7. The van der Waals surface area contributed by atoms with Gasteiger partial charge in [0.25, 0.3) is 5.97 Å². The molecule has 4 atom stereocenters. The van der Waals surface area contributed by atoms with E-state index in [0.717, 1.165) is 32.0 Å². The third kappa shape index (κ3) is 24.3. The standard InChI is InChI=1S/C10H11NO2.C8H10N2O2.C5H9NO3.C3H10N2.C2HF3O2.C2H4O2/c12-10(13)9-5-7-3-1-2-4-8(7)6-11-9;1-6(8(11)12)10-7-3-2-4-9-5-7;7-3-1-4(5(8)9)6-2-3;4-2-1-3-5;3-2(4,5)1(6)7;1-2(3)4/h1-4,9,11H,5-6H2,(H,12,13);2-6,10H,1H3,(H,11,12);3-4,6-7H,1-2H2,(H,8,9);1-5H2;(H,6,7);1H3,(H,3,4)/t;6-;3?,4-;;;/m.00.../s1. The summed E-state index contributed by atoms with van der Waals surface area (Å²) in [6.07, 6.45) is -0.484. The lowest BCUT2D eigenvalue weighted by molar-refractivity contribution is -0.192. The normalized spacial score (nSPS) is 17.5. The number of β-amino-alcohol motifs (C(OH)–C–C–N with tert-alkyl or cyclic N) is 1. The zero-order chi connectivity index (χ0) is 38.9. The van der Waals surface area contributed by atoms with Gasteiger partial charge in [-0.1, -0.05) is 24.3 Å². The summed E-state index contributed by atoms with van der Waals surface area (Å²) in [5.74, 6) is -6.12. The summed E-state index contributed by atoms with van der Waals surface area (Å²) in [6.45, 7) is 5.16. The predicted molar refractivity (Wildman–Crippen MR) is 173 cm³/mol. The van der Waals surface area contributed by atoms with Crippen molar-refractivity contribution in [3.05, 3.63) is 59.9 Å². The first kappa shape index (κ1) is 47.2. The number of pyridine rings is 1. The molecule has 1 saturated heterocycles. The van der Waals surface area contributed by atoms with Crippen molar-refractivity contribution in [2.45, 2.75) is 70.1 Å². The molecule has 2 unspecified atom stereocenters. The van der Waals surface area contributed by atoms with Crippen LogP contribution in [0.4, 0.5) is 18.9 Å². The fraction of sp³-hybridized carbons (Fsp3) is 0.467. The fourth-order valence-electron chi connectivity index (χ4n) is 3.41. The lowest BCUT2D eigenvalue weighted by Crippen LogP contribution is -2.41. The minimum atomic E-state index is -5.08. The highest BCUT2D eigenvalue weighted by molar-refractivity contribution is 5.76. The number of anilines is 1.